The topological polar surface area (TPSA) is 51.2 Å². The number of ether oxygens (including phenoxy) is 1. The maximum atomic E-state index is 12.3. The van der Waals surface area contributed by atoms with E-state index in [9.17, 15) is 4.79 Å². The number of aromatic nitrogens is 1. The first-order chi connectivity index (χ1) is 14.6. The molecule has 30 heavy (non-hydrogen) atoms. The summed E-state index contributed by atoms with van der Waals surface area (Å²) in [5, 5.41) is 5.24. The molecule has 0 saturated heterocycles. The molecule has 1 aromatic heterocycles. The lowest BCUT2D eigenvalue weighted by Gasteiger charge is -2.10. The van der Waals surface area contributed by atoms with E-state index in [0.717, 1.165) is 31.3 Å². The van der Waals surface area contributed by atoms with Crippen LogP contribution in [0, 0.1) is 0 Å². The van der Waals surface area contributed by atoms with Crippen LogP contribution in [0.3, 0.4) is 0 Å². The first-order valence-corrected chi connectivity index (χ1v) is 11.5. The van der Waals surface area contributed by atoms with Crippen molar-refractivity contribution in [1.29, 1.82) is 0 Å². The molecule has 1 heterocycles. The van der Waals surface area contributed by atoms with Crippen molar-refractivity contribution < 1.29 is 9.53 Å². The van der Waals surface area contributed by atoms with E-state index >= 15 is 0 Å². The van der Waals surface area contributed by atoms with Crippen LogP contribution in [0.1, 0.15) is 0 Å². The molecule has 0 spiro atoms. The van der Waals surface area contributed by atoms with E-state index in [1.165, 1.54) is 11.3 Å². The number of nitrogens with zero attached hydrogens (tertiary/aromatic N) is 1. The maximum Gasteiger partial charge on any atom is 0.264 e. The Morgan fingerprint density at radius 3 is 2.50 bits per heavy atom. The number of halogens is 2. The number of thiazole rings is 1. The van der Waals surface area contributed by atoms with Crippen LogP contribution in [-0.2, 0) is 4.79 Å². The summed E-state index contributed by atoms with van der Waals surface area (Å²) in [5.74, 6) is 0.350. The minimum Gasteiger partial charge on any atom is -0.483 e. The van der Waals surface area contributed by atoms with Gasteiger partial charge in [0.15, 0.2) is 11.7 Å². The predicted molar refractivity (Wildman–Crippen MR) is 129 cm³/mol. The van der Waals surface area contributed by atoms with Gasteiger partial charge >= 0.3 is 0 Å². The molecule has 3 aromatic carbocycles. The van der Waals surface area contributed by atoms with E-state index in [1.807, 2.05) is 78.2 Å². The first-order valence-electron chi connectivity index (χ1n) is 9.07. The van der Waals surface area contributed by atoms with Crippen LogP contribution in [-0.4, -0.2) is 17.5 Å². The zero-order chi connectivity index (χ0) is 20.9. The Bertz CT molecular complexity index is 1180. The average Bonchev–Trinajstić information content (AvgIpc) is 3.22. The van der Waals surface area contributed by atoms with Gasteiger partial charge in [-0.05, 0) is 51.3 Å². The molecule has 0 unspecified atom stereocenters. The molecular weight excluding hydrogens is 528 g/mol. The molecule has 1 amide bonds. The highest BCUT2D eigenvalue weighted by Gasteiger charge is 2.11. The number of amides is 1. The highest BCUT2D eigenvalue weighted by molar-refractivity contribution is 9.10. The van der Waals surface area contributed by atoms with Gasteiger partial charge in [0.25, 0.3) is 5.91 Å². The summed E-state index contributed by atoms with van der Waals surface area (Å²) in [6.07, 6.45) is 0. The maximum absolute atomic E-state index is 12.3. The predicted octanol–water partition coefficient (Wildman–Crippen LogP) is 7.02. The molecule has 0 fully saturated rings. The zero-order valence-electron chi connectivity index (χ0n) is 15.6. The van der Waals surface area contributed by atoms with Gasteiger partial charge < -0.3 is 4.74 Å². The lowest BCUT2D eigenvalue weighted by molar-refractivity contribution is -0.118. The Morgan fingerprint density at radius 1 is 0.933 bits per heavy atom. The van der Waals surface area contributed by atoms with Gasteiger partial charge in [0.2, 0.25) is 0 Å². The van der Waals surface area contributed by atoms with E-state index in [0.29, 0.717) is 10.9 Å². The van der Waals surface area contributed by atoms with Gasteiger partial charge in [-0.3, -0.25) is 10.1 Å². The lowest BCUT2D eigenvalue weighted by atomic mass is 10.1. The van der Waals surface area contributed by atoms with Gasteiger partial charge in [-0.25, -0.2) is 4.98 Å². The molecule has 0 atom stereocenters. The number of hydrogen-bond acceptors (Lipinski definition) is 4. The SMILES string of the molecule is O=C(COc1ccc(-c2ccccc2)cc1Br)Nc1nc(-c2cccc(Br)c2)cs1. The van der Waals surface area contributed by atoms with Crippen molar-refractivity contribution in [3.63, 3.8) is 0 Å². The highest BCUT2D eigenvalue weighted by Crippen LogP contribution is 2.31. The second kappa shape index (κ2) is 9.55. The molecular formula is C23H16Br2N2O2S. The molecule has 0 saturated carbocycles. The first kappa shape index (κ1) is 20.8. The Hall–Kier alpha value is -2.48. The van der Waals surface area contributed by atoms with Crippen LogP contribution in [0.5, 0.6) is 5.75 Å². The van der Waals surface area contributed by atoms with Gasteiger partial charge in [0.1, 0.15) is 5.75 Å². The summed E-state index contributed by atoms with van der Waals surface area (Å²) in [4.78, 5) is 16.8. The molecule has 4 nitrogen and oxygen atoms in total. The Labute approximate surface area is 195 Å². The van der Waals surface area contributed by atoms with Crippen LogP contribution in [0.4, 0.5) is 5.13 Å². The summed E-state index contributed by atoms with van der Waals surface area (Å²) in [7, 11) is 0. The standard InChI is InChI=1S/C23H16Br2N2O2S/c24-18-8-4-7-17(11-18)20-14-30-23(26-20)27-22(28)13-29-21-10-9-16(12-19(21)25)15-5-2-1-3-6-15/h1-12,14H,13H2,(H,26,27,28). The van der Waals surface area contributed by atoms with Crippen molar-refractivity contribution >= 4 is 54.2 Å². The van der Waals surface area contributed by atoms with Gasteiger partial charge in [-0.15, -0.1) is 11.3 Å². The van der Waals surface area contributed by atoms with E-state index in [4.69, 9.17) is 4.74 Å². The fraction of sp³-hybridized carbons (Fsp3) is 0.0435. The monoisotopic (exact) mass is 542 g/mol. The third kappa shape index (κ3) is 5.16. The number of hydrogen-bond donors (Lipinski definition) is 1. The molecule has 0 aliphatic heterocycles. The van der Waals surface area contributed by atoms with Crippen molar-refractivity contribution in [3.8, 4) is 28.1 Å². The number of rotatable bonds is 6. The molecule has 0 radical (unpaired) electrons. The fourth-order valence-corrected chi connectivity index (χ4v) is 4.47. The molecule has 0 aliphatic rings. The largest absolute Gasteiger partial charge is 0.483 e. The molecule has 1 N–H and O–H groups in total. The average molecular weight is 544 g/mol. The molecule has 0 aliphatic carbocycles. The van der Waals surface area contributed by atoms with Gasteiger partial charge in [-0.2, -0.15) is 0 Å². The Kier molecular flexibility index (Phi) is 6.62. The normalized spacial score (nSPS) is 10.6. The van der Waals surface area contributed by atoms with Crippen LogP contribution < -0.4 is 10.1 Å². The quantitative estimate of drug-likeness (QED) is 0.284. The van der Waals surface area contributed by atoms with Gasteiger partial charge in [0, 0.05) is 15.4 Å². The fourth-order valence-electron chi connectivity index (χ4n) is 2.84. The van der Waals surface area contributed by atoms with Crippen molar-refractivity contribution in [3.05, 3.63) is 87.1 Å². The molecule has 7 heteroatoms. The second-order valence-electron chi connectivity index (χ2n) is 6.40. The number of nitrogens with one attached hydrogen (secondary N) is 1. The van der Waals surface area contributed by atoms with Crippen LogP contribution in [0.25, 0.3) is 22.4 Å². The Balaban J connectivity index is 1.36. The summed E-state index contributed by atoms with van der Waals surface area (Å²) in [6, 6.07) is 23.8. The summed E-state index contributed by atoms with van der Waals surface area (Å²) in [5.41, 5.74) is 3.99. The number of anilines is 1. The third-order valence-corrected chi connectivity index (χ3v) is 6.14. The minimum atomic E-state index is -0.260. The second-order valence-corrected chi connectivity index (χ2v) is 9.02. The summed E-state index contributed by atoms with van der Waals surface area (Å²) in [6.45, 7) is -0.102. The van der Waals surface area contributed by atoms with E-state index in [-0.39, 0.29) is 12.5 Å². The van der Waals surface area contributed by atoms with Crippen LogP contribution >= 0.6 is 43.2 Å². The minimum absolute atomic E-state index is 0.102. The van der Waals surface area contributed by atoms with Crippen LogP contribution in [0.15, 0.2) is 87.1 Å². The smallest absolute Gasteiger partial charge is 0.264 e. The molecule has 150 valence electrons. The van der Waals surface area contributed by atoms with Gasteiger partial charge in [0.05, 0.1) is 10.2 Å². The zero-order valence-corrected chi connectivity index (χ0v) is 19.6. The van der Waals surface area contributed by atoms with Crippen molar-refractivity contribution in [2.75, 3.05) is 11.9 Å². The molecule has 0 bridgehead atoms. The van der Waals surface area contributed by atoms with Crippen molar-refractivity contribution in [2.45, 2.75) is 0 Å². The lowest BCUT2D eigenvalue weighted by Crippen LogP contribution is -2.20. The summed E-state index contributed by atoms with van der Waals surface area (Å²) >= 11 is 8.36. The van der Waals surface area contributed by atoms with Crippen LogP contribution in [0.2, 0.25) is 0 Å². The van der Waals surface area contributed by atoms with E-state index < -0.39 is 0 Å². The number of carbonyl (C=O) groups excluding carboxylic acids is 1. The Morgan fingerprint density at radius 2 is 1.73 bits per heavy atom. The highest BCUT2D eigenvalue weighted by atomic mass is 79.9. The van der Waals surface area contributed by atoms with E-state index in [1.54, 1.807) is 0 Å². The third-order valence-electron chi connectivity index (χ3n) is 4.27. The molecule has 4 rings (SSSR count). The van der Waals surface area contributed by atoms with E-state index in [2.05, 4.69) is 42.2 Å². The van der Waals surface area contributed by atoms with Crippen molar-refractivity contribution in [2.24, 2.45) is 0 Å². The van der Waals surface area contributed by atoms with Crippen molar-refractivity contribution in [1.82, 2.24) is 4.98 Å². The molecule has 4 aromatic rings. The van der Waals surface area contributed by atoms with Gasteiger partial charge in [-0.1, -0.05) is 64.5 Å². The number of carbonyl (C=O) groups is 1. The number of benzene rings is 3. The summed E-state index contributed by atoms with van der Waals surface area (Å²) < 4.78 is 7.46.